The topological polar surface area (TPSA) is 110 Å². The fraction of sp³-hybridized carbons (Fsp3) is 0.467. The van der Waals surface area contributed by atoms with Crippen LogP contribution in [0, 0.1) is 0 Å². The van der Waals surface area contributed by atoms with Crippen LogP contribution in [0.1, 0.15) is 31.6 Å². The van der Waals surface area contributed by atoms with Crippen LogP contribution in [0.3, 0.4) is 0 Å². The van der Waals surface area contributed by atoms with Gasteiger partial charge in [0.1, 0.15) is 6.04 Å². The van der Waals surface area contributed by atoms with Gasteiger partial charge in [0.25, 0.3) is 0 Å². The molecule has 2 aromatic heterocycles. The highest BCUT2D eigenvalue weighted by Gasteiger charge is 2.31. The summed E-state index contributed by atoms with van der Waals surface area (Å²) < 4.78 is 10.3. The number of carboxylic acid groups (broad SMARTS) is 1. The zero-order valence-corrected chi connectivity index (χ0v) is 12.5. The molecule has 1 fully saturated rings. The fourth-order valence-corrected chi connectivity index (χ4v) is 2.71. The number of aryl methyl sites for hydroxylation is 1. The zero-order valence-electron chi connectivity index (χ0n) is 12.5. The Morgan fingerprint density at radius 3 is 3.00 bits per heavy atom. The Labute approximate surface area is 132 Å². The van der Waals surface area contributed by atoms with E-state index in [4.69, 9.17) is 8.94 Å². The van der Waals surface area contributed by atoms with E-state index in [1.165, 1.54) is 11.2 Å². The molecule has 122 valence electrons. The minimum absolute atomic E-state index is 0.142. The van der Waals surface area contributed by atoms with Crippen LogP contribution in [-0.4, -0.2) is 44.6 Å². The number of carboxylic acids is 1. The molecule has 23 heavy (non-hydrogen) atoms. The molecule has 0 saturated carbocycles. The van der Waals surface area contributed by atoms with E-state index in [9.17, 15) is 14.7 Å². The van der Waals surface area contributed by atoms with Gasteiger partial charge >= 0.3 is 5.97 Å². The van der Waals surface area contributed by atoms with Crippen LogP contribution < -0.4 is 0 Å². The van der Waals surface area contributed by atoms with Gasteiger partial charge in [-0.15, -0.1) is 0 Å². The normalized spacial score (nSPS) is 18.1. The van der Waals surface area contributed by atoms with Crippen molar-refractivity contribution in [3.05, 3.63) is 24.3 Å². The fourth-order valence-electron chi connectivity index (χ4n) is 2.71. The molecule has 3 heterocycles. The molecule has 0 aliphatic carbocycles. The van der Waals surface area contributed by atoms with E-state index < -0.39 is 12.0 Å². The number of carbonyl (C=O) groups excluding carboxylic acids is 1. The van der Waals surface area contributed by atoms with Crippen molar-refractivity contribution in [1.82, 2.24) is 15.0 Å². The van der Waals surface area contributed by atoms with Gasteiger partial charge in [-0.2, -0.15) is 4.98 Å². The average Bonchev–Trinajstić information content (AvgIpc) is 3.23. The van der Waals surface area contributed by atoms with Crippen molar-refractivity contribution >= 4 is 11.9 Å². The van der Waals surface area contributed by atoms with Gasteiger partial charge in [0.2, 0.25) is 17.6 Å². The number of carbonyl (C=O) groups is 2. The van der Waals surface area contributed by atoms with Crippen molar-refractivity contribution in [3.63, 3.8) is 0 Å². The third-order valence-electron chi connectivity index (χ3n) is 3.87. The summed E-state index contributed by atoms with van der Waals surface area (Å²) >= 11 is 0. The highest BCUT2D eigenvalue weighted by Crippen LogP contribution is 2.20. The lowest BCUT2D eigenvalue weighted by Crippen LogP contribution is -2.48. The molecule has 1 N–H and O–H groups in total. The molecule has 1 aliphatic rings. The zero-order chi connectivity index (χ0) is 16.2. The highest BCUT2D eigenvalue weighted by molar-refractivity contribution is 5.83. The number of piperidine rings is 1. The van der Waals surface area contributed by atoms with E-state index >= 15 is 0 Å². The Hall–Kier alpha value is -2.64. The van der Waals surface area contributed by atoms with E-state index in [2.05, 4.69) is 10.1 Å². The number of hydrogen-bond acceptors (Lipinski definition) is 6. The van der Waals surface area contributed by atoms with E-state index in [0.717, 1.165) is 12.8 Å². The van der Waals surface area contributed by atoms with Gasteiger partial charge in [-0.25, -0.2) is 4.79 Å². The Bertz CT molecular complexity index is 679. The first-order chi connectivity index (χ1) is 11.1. The number of rotatable bonds is 5. The number of nitrogens with zero attached hydrogens (tertiary/aromatic N) is 3. The Balaban J connectivity index is 1.59. The predicted octanol–water partition coefficient (Wildman–Crippen LogP) is 1.73. The molecule has 0 bridgehead atoms. The van der Waals surface area contributed by atoms with Crippen LogP contribution in [0.15, 0.2) is 27.3 Å². The summed E-state index contributed by atoms with van der Waals surface area (Å²) in [5.74, 6) is 0.00608. The van der Waals surface area contributed by atoms with Gasteiger partial charge in [0.15, 0.2) is 5.76 Å². The first kappa shape index (κ1) is 15.3. The van der Waals surface area contributed by atoms with Crippen molar-refractivity contribution in [3.8, 4) is 11.6 Å². The van der Waals surface area contributed by atoms with Crippen LogP contribution in [0.2, 0.25) is 0 Å². The average molecular weight is 319 g/mol. The summed E-state index contributed by atoms with van der Waals surface area (Å²) in [6.07, 6.45) is 4.09. The molecule has 0 aromatic carbocycles. The van der Waals surface area contributed by atoms with Crippen LogP contribution in [0.5, 0.6) is 0 Å². The van der Waals surface area contributed by atoms with Crippen molar-refractivity contribution in [2.45, 2.75) is 38.1 Å². The molecular weight excluding hydrogens is 302 g/mol. The number of amides is 1. The highest BCUT2D eigenvalue weighted by atomic mass is 16.5. The number of aliphatic carboxylic acids is 1. The number of likely N-dealkylation sites (tertiary alicyclic amines) is 1. The maximum Gasteiger partial charge on any atom is 0.326 e. The molecule has 1 unspecified atom stereocenters. The molecule has 0 spiro atoms. The van der Waals surface area contributed by atoms with Crippen LogP contribution >= 0.6 is 0 Å². The smallest absolute Gasteiger partial charge is 0.326 e. The lowest BCUT2D eigenvalue weighted by Gasteiger charge is -2.32. The minimum atomic E-state index is -0.948. The Morgan fingerprint density at radius 2 is 2.26 bits per heavy atom. The molecule has 8 nitrogen and oxygen atoms in total. The maximum atomic E-state index is 12.3. The molecule has 1 amide bonds. The summed E-state index contributed by atoms with van der Waals surface area (Å²) in [6, 6.07) is 2.71. The molecule has 3 rings (SSSR count). The second-order valence-corrected chi connectivity index (χ2v) is 5.43. The van der Waals surface area contributed by atoms with E-state index in [1.807, 2.05) is 0 Å². The molecule has 8 heteroatoms. The van der Waals surface area contributed by atoms with Gasteiger partial charge in [-0.05, 0) is 31.4 Å². The van der Waals surface area contributed by atoms with E-state index in [1.54, 1.807) is 12.1 Å². The van der Waals surface area contributed by atoms with Gasteiger partial charge in [0, 0.05) is 19.4 Å². The standard InChI is InChI=1S/C15H17N3O5/c19-13(18-8-2-1-4-10(18)15(20)21)7-6-12-16-14(17-23-12)11-5-3-9-22-11/h3,5,9-10H,1-2,4,6-8H2,(H,20,21). The number of aromatic nitrogens is 2. The van der Waals surface area contributed by atoms with Crippen LogP contribution in [0.25, 0.3) is 11.6 Å². The molecule has 1 aliphatic heterocycles. The quantitative estimate of drug-likeness (QED) is 0.893. The maximum absolute atomic E-state index is 12.3. The minimum Gasteiger partial charge on any atom is -0.480 e. The van der Waals surface area contributed by atoms with Gasteiger partial charge in [0.05, 0.1) is 6.26 Å². The predicted molar refractivity (Wildman–Crippen MR) is 77.3 cm³/mol. The van der Waals surface area contributed by atoms with Gasteiger partial charge in [-0.3, -0.25) is 4.79 Å². The summed E-state index contributed by atoms with van der Waals surface area (Å²) in [5, 5.41) is 13.0. The molecule has 1 saturated heterocycles. The monoisotopic (exact) mass is 319 g/mol. The van der Waals surface area contributed by atoms with Crippen molar-refractivity contribution in [2.75, 3.05) is 6.54 Å². The van der Waals surface area contributed by atoms with Crippen molar-refractivity contribution in [1.29, 1.82) is 0 Å². The first-order valence-corrected chi connectivity index (χ1v) is 7.54. The Kier molecular flexibility index (Phi) is 4.40. The molecule has 1 atom stereocenters. The van der Waals surface area contributed by atoms with E-state index in [0.29, 0.717) is 30.4 Å². The van der Waals surface area contributed by atoms with Crippen LogP contribution in [-0.2, 0) is 16.0 Å². The van der Waals surface area contributed by atoms with Crippen LogP contribution in [0.4, 0.5) is 0 Å². The molecular formula is C15H17N3O5. The Morgan fingerprint density at radius 1 is 1.39 bits per heavy atom. The molecule has 2 aromatic rings. The second kappa shape index (κ2) is 6.64. The SMILES string of the molecule is O=C(O)C1CCCCN1C(=O)CCc1nc(-c2ccco2)no1. The molecule has 0 radical (unpaired) electrons. The first-order valence-electron chi connectivity index (χ1n) is 7.54. The van der Waals surface area contributed by atoms with E-state index in [-0.39, 0.29) is 18.7 Å². The summed E-state index contributed by atoms with van der Waals surface area (Å²) in [6.45, 7) is 0.483. The second-order valence-electron chi connectivity index (χ2n) is 5.43. The van der Waals surface area contributed by atoms with Crippen molar-refractivity contribution in [2.24, 2.45) is 0 Å². The number of furan rings is 1. The van der Waals surface area contributed by atoms with Gasteiger partial charge in [-0.1, -0.05) is 5.16 Å². The van der Waals surface area contributed by atoms with Gasteiger partial charge < -0.3 is 18.9 Å². The van der Waals surface area contributed by atoms with Crippen molar-refractivity contribution < 1.29 is 23.6 Å². The largest absolute Gasteiger partial charge is 0.480 e. The summed E-state index contributed by atoms with van der Waals surface area (Å²) in [4.78, 5) is 29.1. The third kappa shape index (κ3) is 3.41. The third-order valence-corrected chi connectivity index (χ3v) is 3.87. The summed E-state index contributed by atoms with van der Waals surface area (Å²) in [5.41, 5.74) is 0. The number of hydrogen-bond donors (Lipinski definition) is 1. The summed E-state index contributed by atoms with van der Waals surface area (Å²) in [7, 11) is 0. The lowest BCUT2D eigenvalue weighted by molar-refractivity contribution is -0.152. The lowest BCUT2D eigenvalue weighted by atomic mass is 10.0.